The third kappa shape index (κ3) is 2.47. The molecule has 1 aromatic rings. The van der Waals surface area contributed by atoms with Gasteiger partial charge in [-0.05, 0) is 30.7 Å². The predicted octanol–water partition coefficient (Wildman–Crippen LogP) is 2.35. The maximum Gasteiger partial charge on any atom is 0.248 e. The van der Waals surface area contributed by atoms with Gasteiger partial charge in [0.05, 0.1) is 17.1 Å². The van der Waals surface area contributed by atoms with Crippen molar-refractivity contribution in [3.63, 3.8) is 0 Å². The minimum absolute atomic E-state index is 0.0620. The monoisotopic (exact) mass is 250 g/mol. The highest BCUT2D eigenvalue weighted by atomic mass is 35.5. The van der Waals surface area contributed by atoms with Crippen LogP contribution in [0.1, 0.15) is 12.5 Å². The van der Waals surface area contributed by atoms with E-state index in [4.69, 9.17) is 11.6 Å². The van der Waals surface area contributed by atoms with Gasteiger partial charge in [-0.2, -0.15) is 0 Å². The van der Waals surface area contributed by atoms with E-state index < -0.39 is 0 Å². The highest BCUT2D eigenvalue weighted by Crippen LogP contribution is 2.32. The molecular weight excluding hydrogens is 240 g/mol. The molecule has 1 aromatic carbocycles. The summed E-state index contributed by atoms with van der Waals surface area (Å²) in [6, 6.07) is 3.37. The van der Waals surface area contributed by atoms with E-state index in [9.17, 15) is 9.59 Å². The summed E-state index contributed by atoms with van der Waals surface area (Å²) in [7, 11) is 0. The van der Waals surface area contributed by atoms with Gasteiger partial charge in [0.15, 0.2) is 0 Å². The van der Waals surface area contributed by atoms with Gasteiger partial charge >= 0.3 is 0 Å². The average molecular weight is 251 g/mol. The van der Waals surface area contributed by atoms with Crippen LogP contribution < -0.4 is 10.6 Å². The van der Waals surface area contributed by atoms with Crippen molar-refractivity contribution in [1.82, 2.24) is 0 Å². The average Bonchev–Trinajstić information content (AvgIpc) is 2.58. The number of nitrogens with one attached hydrogen (secondary N) is 2. The van der Waals surface area contributed by atoms with Crippen LogP contribution in [0.4, 0.5) is 11.4 Å². The van der Waals surface area contributed by atoms with Crippen molar-refractivity contribution in [2.75, 3.05) is 10.6 Å². The Morgan fingerprint density at radius 1 is 1.53 bits per heavy atom. The second-order valence-electron chi connectivity index (χ2n) is 3.70. The largest absolute Gasteiger partial charge is 0.325 e. The predicted molar refractivity (Wildman–Crippen MR) is 67.2 cm³/mol. The molecule has 5 heteroatoms. The molecule has 1 aliphatic heterocycles. The first-order valence-electron chi connectivity index (χ1n) is 5.16. The molecule has 2 amide bonds. The Balaban J connectivity index is 2.28. The molecule has 0 bridgehead atoms. The number of rotatable bonds is 2. The topological polar surface area (TPSA) is 58.2 Å². The maximum absolute atomic E-state index is 11.4. The van der Waals surface area contributed by atoms with E-state index in [1.807, 2.05) is 0 Å². The quantitative estimate of drug-likeness (QED) is 0.792. The summed E-state index contributed by atoms with van der Waals surface area (Å²) >= 11 is 6.01. The molecular formula is C12H11ClN2O2. The first-order valence-corrected chi connectivity index (χ1v) is 5.54. The van der Waals surface area contributed by atoms with Crippen LogP contribution in [0.25, 0.3) is 0 Å². The number of hydrogen-bond donors (Lipinski definition) is 2. The van der Waals surface area contributed by atoms with Gasteiger partial charge in [-0.1, -0.05) is 17.7 Å². The first kappa shape index (κ1) is 11.7. The van der Waals surface area contributed by atoms with E-state index in [1.165, 1.54) is 6.08 Å². The number of anilines is 2. The second-order valence-corrected chi connectivity index (χ2v) is 4.11. The second kappa shape index (κ2) is 4.59. The minimum Gasteiger partial charge on any atom is -0.325 e. The molecule has 0 radical (unpaired) electrons. The lowest BCUT2D eigenvalue weighted by molar-refractivity contribution is -0.115. The smallest absolute Gasteiger partial charge is 0.248 e. The van der Waals surface area contributed by atoms with Gasteiger partial charge in [0, 0.05) is 5.69 Å². The van der Waals surface area contributed by atoms with Crippen molar-refractivity contribution in [2.24, 2.45) is 0 Å². The molecule has 1 heterocycles. The van der Waals surface area contributed by atoms with Crippen LogP contribution in [0, 0.1) is 0 Å². The zero-order chi connectivity index (χ0) is 12.4. The van der Waals surface area contributed by atoms with Crippen molar-refractivity contribution in [3.8, 4) is 0 Å². The molecule has 1 aliphatic rings. The molecule has 0 atom stereocenters. The Bertz CT molecular complexity index is 523. The van der Waals surface area contributed by atoms with Crippen LogP contribution in [0.15, 0.2) is 24.3 Å². The van der Waals surface area contributed by atoms with E-state index in [0.29, 0.717) is 22.8 Å². The molecule has 0 spiro atoms. The summed E-state index contributed by atoms with van der Waals surface area (Å²) in [6.45, 7) is 1.76. The molecule has 0 saturated heterocycles. The lowest BCUT2D eigenvalue weighted by atomic mass is 10.1. The van der Waals surface area contributed by atoms with Crippen molar-refractivity contribution >= 4 is 34.8 Å². The number of halogens is 1. The number of allylic oxidation sites excluding steroid dienone is 1. The normalized spacial score (nSPS) is 13.6. The van der Waals surface area contributed by atoms with Crippen molar-refractivity contribution < 1.29 is 9.59 Å². The van der Waals surface area contributed by atoms with Gasteiger partial charge in [-0.25, -0.2) is 0 Å². The van der Waals surface area contributed by atoms with E-state index in [0.717, 1.165) is 5.56 Å². The van der Waals surface area contributed by atoms with Gasteiger partial charge in [0.2, 0.25) is 11.8 Å². The molecule has 17 heavy (non-hydrogen) atoms. The molecule has 2 rings (SSSR count). The highest BCUT2D eigenvalue weighted by molar-refractivity contribution is 6.34. The summed E-state index contributed by atoms with van der Waals surface area (Å²) < 4.78 is 0. The van der Waals surface area contributed by atoms with Gasteiger partial charge < -0.3 is 10.6 Å². The fourth-order valence-corrected chi connectivity index (χ4v) is 1.88. The lowest BCUT2D eigenvalue weighted by Crippen LogP contribution is -2.08. The SMILES string of the molecule is CC=CC(=O)Nc1cc2c(cc1Cl)NC(=O)C2. The van der Waals surface area contributed by atoms with Crippen LogP contribution in [0.2, 0.25) is 5.02 Å². The zero-order valence-electron chi connectivity index (χ0n) is 9.21. The number of carbonyl (C=O) groups is 2. The highest BCUT2D eigenvalue weighted by Gasteiger charge is 2.19. The first-order chi connectivity index (χ1) is 8.10. The third-order valence-electron chi connectivity index (χ3n) is 2.39. The van der Waals surface area contributed by atoms with E-state index >= 15 is 0 Å². The molecule has 2 N–H and O–H groups in total. The van der Waals surface area contributed by atoms with E-state index in [2.05, 4.69) is 10.6 Å². The summed E-state index contributed by atoms with van der Waals surface area (Å²) in [4.78, 5) is 22.6. The van der Waals surface area contributed by atoms with Gasteiger partial charge in [0.1, 0.15) is 0 Å². The van der Waals surface area contributed by atoms with Gasteiger partial charge in [-0.15, -0.1) is 0 Å². The summed E-state index contributed by atoms with van der Waals surface area (Å²) in [6.07, 6.45) is 3.37. The Labute approximate surface area is 104 Å². The van der Waals surface area contributed by atoms with Crippen molar-refractivity contribution in [3.05, 3.63) is 34.9 Å². The Hall–Kier alpha value is -1.81. The number of hydrogen-bond acceptors (Lipinski definition) is 2. The third-order valence-corrected chi connectivity index (χ3v) is 2.71. The number of fused-ring (bicyclic) bond motifs is 1. The lowest BCUT2D eigenvalue weighted by Gasteiger charge is -2.07. The zero-order valence-corrected chi connectivity index (χ0v) is 9.97. The van der Waals surface area contributed by atoms with Gasteiger partial charge in [-0.3, -0.25) is 9.59 Å². The molecule has 88 valence electrons. The van der Waals surface area contributed by atoms with Crippen LogP contribution in [-0.4, -0.2) is 11.8 Å². The molecule has 0 saturated carbocycles. The molecule has 0 aliphatic carbocycles. The molecule has 0 aromatic heterocycles. The van der Waals surface area contributed by atoms with Crippen molar-refractivity contribution in [1.29, 1.82) is 0 Å². The summed E-state index contributed by atoms with van der Waals surface area (Å²) in [5.41, 5.74) is 2.07. The number of carbonyl (C=O) groups excluding carboxylic acids is 2. The van der Waals surface area contributed by atoms with Crippen LogP contribution in [0.5, 0.6) is 0 Å². The summed E-state index contributed by atoms with van der Waals surface area (Å²) in [5.74, 6) is -0.306. The Morgan fingerprint density at radius 2 is 2.29 bits per heavy atom. The van der Waals surface area contributed by atoms with Crippen LogP contribution >= 0.6 is 11.6 Å². The fraction of sp³-hybridized carbons (Fsp3) is 0.167. The van der Waals surface area contributed by atoms with Crippen molar-refractivity contribution in [2.45, 2.75) is 13.3 Å². The maximum atomic E-state index is 11.4. The number of amides is 2. The number of benzene rings is 1. The summed E-state index contributed by atoms with van der Waals surface area (Å²) in [5, 5.41) is 5.76. The molecule has 4 nitrogen and oxygen atoms in total. The fourth-order valence-electron chi connectivity index (χ4n) is 1.67. The Kier molecular flexibility index (Phi) is 3.15. The molecule has 0 unspecified atom stereocenters. The standard InChI is InChI=1S/C12H11ClN2O2/c1-2-3-11(16)15-10-4-7-5-12(17)14-9(7)6-8(10)13/h2-4,6H,5H2,1H3,(H,14,17)(H,15,16). The van der Waals surface area contributed by atoms with E-state index in [1.54, 1.807) is 25.1 Å². The minimum atomic E-state index is -0.244. The van der Waals surface area contributed by atoms with Crippen LogP contribution in [-0.2, 0) is 16.0 Å². The molecule has 0 fully saturated rings. The van der Waals surface area contributed by atoms with E-state index in [-0.39, 0.29) is 11.8 Å². The Morgan fingerprint density at radius 3 is 3.00 bits per heavy atom. The van der Waals surface area contributed by atoms with Gasteiger partial charge in [0.25, 0.3) is 0 Å². The van der Waals surface area contributed by atoms with Crippen LogP contribution in [0.3, 0.4) is 0 Å².